The summed E-state index contributed by atoms with van der Waals surface area (Å²) in [6, 6.07) is 12.7. The summed E-state index contributed by atoms with van der Waals surface area (Å²) in [4.78, 5) is 10.8. The van der Waals surface area contributed by atoms with Crippen molar-refractivity contribution >= 4 is 5.97 Å². The fourth-order valence-electron chi connectivity index (χ4n) is 2.29. The normalized spacial score (nSPS) is 10.2. The number of carbonyl (C=O) groups is 1. The third-order valence-electron chi connectivity index (χ3n) is 3.55. The lowest BCUT2D eigenvalue weighted by molar-refractivity contribution is -0.136. The van der Waals surface area contributed by atoms with E-state index < -0.39 is 5.97 Å². The Morgan fingerprint density at radius 3 is 2.24 bits per heavy atom. The average Bonchev–Trinajstić information content (AvgIpc) is 2.64. The van der Waals surface area contributed by atoms with E-state index in [1.807, 2.05) is 30.3 Å². The Balaban J connectivity index is 1.95. The molecule has 0 amide bonds. The smallest absolute Gasteiger partial charge is 0.303 e. The van der Waals surface area contributed by atoms with Crippen LogP contribution in [-0.2, 0) is 11.2 Å². The summed E-state index contributed by atoms with van der Waals surface area (Å²) < 4.78 is 21.9. The molecule has 0 bridgehead atoms. The monoisotopic (exact) mass is 346 g/mol. The largest absolute Gasteiger partial charge is 0.497 e. The molecule has 0 spiro atoms. The van der Waals surface area contributed by atoms with Crippen LogP contribution in [0.5, 0.6) is 23.0 Å². The van der Waals surface area contributed by atoms with Gasteiger partial charge in [-0.2, -0.15) is 0 Å². The zero-order valence-electron chi connectivity index (χ0n) is 14.4. The highest BCUT2D eigenvalue weighted by molar-refractivity contribution is 5.67. The number of carboxylic acid groups (broad SMARTS) is 1. The summed E-state index contributed by atoms with van der Waals surface area (Å²) in [6.45, 7) is 0.640. The molecule has 0 aliphatic heterocycles. The minimum atomic E-state index is -0.846. The molecule has 0 unspecified atom stereocenters. The number of carboxylic acids is 1. The van der Waals surface area contributed by atoms with Crippen molar-refractivity contribution in [2.24, 2.45) is 0 Å². The number of methoxy groups -OCH3 is 2. The van der Waals surface area contributed by atoms with Gasteiger partial charge in [0.2, 0.25) is 0 Å². The van der Waals surface area contributed by atoms with Crippen molar-refractivity contribution in [1.82, 2.24) is 0 Å². The van der Waals surface area contributed by atoms with Crippen molar-refractivity contribution in [2.45, 2.75) is 12.8 Å². The first-order valence-corrected chi connectivity index (χ1v) is 7.91. The maximum absolute atomic E-state index is 10.8. The van der Waals surface area contributed by atoms with Crippen LogP contribution < -0.4 is 18.9 Å². The Kier molecular flexibility index (Phi) is 6.95. The molecule has 0 aromatic heterocycles. The summed E-state index contributed by atoms with van der Waals surface area (Å²) in [5.74, 6) is 1.71. The van der Waals surface area contributed by atoms with Crippen LogP contribution in [0.15, 0.2) is 42.5 Å². The van der Waals surface area contributed by atoms with E-state index in [-0.39, 0.29) is 6.42 Å². The number of para-hydroxylation sites is 2. The maximum atomic E-state index is 10.8. The minimum Gasteiger partial charge on any atom is -0.497 e. The highest BCUT2D eigenvalue weighted by Crippen LogP contribution is 2.27. The van der Waals surface area contributed by atoms with Gasteiger partial charge in [-0.1, -0.05) is 18.2 Å². The van der Waals surface area contributed by atoms with Crippen molar-refractivity contribution in [2.75, 3.05) is 27.4 Å². The number of aryl methyl sites for hydroxylation is 1. The summed E-state index contributed by atoms with van der Waals surface area (Å²) in [5.41, 5.74) is 0.820. The van der Waals surface area contributed by atoms with Gasteiger partial charge in [-0.3, -0.25) is 4.79 Å². The van der Waals surface area contributed by atoms with Crippen LogP contribution >= 0.6 is 0 Å². The first-order chi connectivity index (χ1) is 12.1. The van der Waals surface area contributed by atoms with Gasteiger partial charge in [0.05, 0.1) is 14.2 Å². The molecule has 6 heteroatoms. The van der Waals surface area contributed by atoms with Gasteiger partial charge in [0.1, 0.15) is 24.7 Å². The van der Waals surface area contributed by atoms with Crippen molar-refractivity contribution in [1.29, 1.82) is 0 Å². The zero-order valence-corrected chi connectivity index (χ0v) is 14.4. The molecule has 134 valence electrons. The van der Waals surface area contributed by atoms with E-state index in [0.717, 1.165) is 5.56 Å². The molecule has 0 saturated heterocycles. The molecule has 0 aliphatic carbocycles. The molecule has 0 aliphatic rings. The molecule has 2 aromatic rings. The lowest BCUT2D eigenvalue weighted by atomic mass is 10.1. The number of hydrogen-bond donors (Lipinski definition) is 1. The second kappa shape index (κ2) is 9.42. The third-order valence-corrected chi connectivity index (χ3v) is 3.55. The highest BCUT2D eigenvalue weighted by atomic mass is 16.5. The predicted molar refractivity (Wildman–Crippen MR) is 92.9 cm³/mol. The second-order valence-corrected chi connectivity index (χ2v) is 5.22. The predicted octanol–water partition coefficient (Wildman–Crippen LogP) is 3.18. The van der Waals surface area contributed by atoms with Gasteiger partial charge in [-0.15, -0.1) is 0 Å². The number of aliphatic carboxylic acids is 1. The van der Waals surface area contributed by atoms with Gasteiger partial charge in [-0.05, 0) is 30.2 Å². The van der Waals surface area contributed by atoms with Crippen LogP contribution in [0.4, 0.5) is 0 Å². The number of benzene rings is 2. The fourth-order valence-corrected chi connectivity index (χ4v) is 2.29. The molecular formula is C19H22O6. The number of ether oxygens (including phenoxy) is 4. The average molecular weight is 346 g/mol. The first kappa shape index (κ1) is 18.4. The molecular weight excluding hydrogens is 324 g/mol. The lowest BCUT2D eigenvalue weighted by Gasteiger charge is -2.14. The highest BCUT2D eigenvalue weighted by Gasteiger charge is 2.09. The van der Waals surface area contributed by atoms with E-state index in [4.69, 9.17) is 24.1 Å². The van der Waals surface area contributed by atoms with E-state index >= 15 is 0 Å². The Morgan fingerprint density at radius 2 is 1.60 bits per heavy atom. The van der Waals surface area contributed by atoms with Crippen LogP contribution in [0.3, 0.4) is 0 Å². The zero-order chi connectivity index (χ0) is 18.1. The van der Waals surface area contributed by atoms with E-state index in [9.17, 15) is 4.79 Å². The molecule has 0 atom stereocenters. The Morgan fingerprint density at radius 1 is 0.920 bits per heavy atom. The van der Waals surface area contributed by atoms with E-state index in [2.05, 4.69) is 0 Å². The standard InChI is InChI=1S/C19H22O6/c1-22-15-9-7-14(8-10-19(20)21)18(13-15)25-12-11-24-17-6-4-3-5-16(17)23-2/h3-7,9,13H,8,10-12H2,1-2H3,(H,20,21). The molecule has 0 heterocycles. The topological polar surface area (TPSA) is 74.2 Å². The molecule has 6 nitrogen and oxygen atoms in total. The quantitative estimate of drug-likeness (QED) is 0.666. The number of rotatable bonds is 10. The van der Waals surface area contributed by atoms with Gasteiger partial charge in [-0.25, -0.2) is 0 Å². The second-order valence-electron chi connectivity index (χ2n) is 5.22. The minimum absolute atomic E-state index is 0.0421. The van der Waals surface area contributed by atoms with Crippen LogP contribution in [-0.4, -0.2) is 38.5 Å². The van der Waals surface area contributed by atoms with Gasteiger partial charge < -0.3 is 24.1 Å². The Hall–Kier alpha value is -2.89. The molecule has 2 rings (SSSR count). The number of hydrogen-bond acceptors (Lipinski definition) is 5. The first-order valence-electron chi connectivity index (χ1n) is 7.91. The van der Waals surface area contributed by atoms with Crippen LogP contribution in [0.1, 0.15) is 12.0 Å². The van der Waals surface area contributed by atoms with E-state index in [0.29, 0.717) is 42.6 Å². The van der Waals surface area contributed by atoms with Crippen molar-refractivity contribution in [3.63, 3.8) is 0 Å². The maximum Gasteiger partial charge on any atom is 0.303 e. The molecule has 25 heavy (non-hydrogen) atoms. The van der Waals surface area contributed by atoms with Crippen molar-refractivity contribution in [3.05, 3.63) is 48.0 Å². The van der Waals surface area contributed by atoms with E-state index in [1.54, 1.807) is 26.4 Å². The van der Waals surface area contributed by atoms with Crippen molar-refractivity contribution in [3.8, 4) is 23.0 Å². The van der Waals surface area contributed by atoms with Gasteiger partial charge in [0.15, 0.2) is 11.5 Å². The van der Waals surface area contributed by atoms with Crippen LogP contribution in [0.2, 0.25) is 0 Å². The van der Waals surface area contributed by atoms with Gasteiger partial charge in [0, 0.05) is 12.5 Å². The molecule has 2 aromatic carbocycles. The molecule has 0 fully saturated rings. The summed E-state index contributed by atoms with van der Waals surface area (Å²) >= 11 is 0. The van der Waals surface area contributed by atoms with Crippen molar-refractivity contribution < 1.29 is 28.8 Å². The van der Waals surface area contributed by atoms with E-state index in [1.165, 1.54) is 0 Å². The van der Waals surface area contributed by atoms with Crippen LogP contribution in [0.25, 0.3) is 0 Å². The van der Waals surface area contributed by atoms with Gasteiger partial charge >= 0.3 is 5.97 Å². The SMILES string of the molecule is COc1ccc(CCC(=O)O)c(OCCOc2ccccc2OC)c1. The Bertz CT molecular complexity index is 698. The summed E-state index contributed by atoms with van der Waals surface area (Å²) in [7, 11) is 3.16. The van der Waals surface area contributed by atoms with Crippen LogP contribution in [0, 0.1) is 0 Å². The fraction of sp³-hybridized carbons (Fsp3) is 0.316. The summed E-state index contributed by atoms with van der Waals surface area (Å²) in [5, 5.41) is 8.86. The summed E-state index contributed by atoms with van der Waals surface area (Å²) in [6.07, 6.45) is 0.433. The molecule has 0 radical (unpaired) electrons. The third kappa shape index (κ3) is 5.60. The van der Waals surface area contributed by atoms with Gasteiger partial charge in [0.25, 0.3) is 0 Å². The molecule has 0 saturated carbocycles. The lowest BCUT2D eigenvalue weighted by Crippen LogP contribution is -2.11. The Labute approximate surface area is 146 Å². The molecule has 1 N–H and O–H groups in total.